The average molecular weight is 266 g/mol. The van der Waals surface area contributed by atoms with Gasteiger partial charge < -0.3 is 10.4 Å². The molecule has 0 bridgehead atoms. The third-order valence-electron chi connectivity index (χ3n) is 2.68. The van der Waals surface area contributed by atoms with Crippen molar-refractivity contribution in [3.8, 4) is 5.75 Å². The first-order valence-corrected chi connectivity index (χ1v) is 5.91. The first-order valence-electron chi connectivity index (χ1n) is 5.53. The van der Waals surface area contributed by atoms with E-state index in [2.05, 4.69) is 5.32 Å². The van der Waals surface area contributed by atoms with Gasteiger partial charge in [-0.15, -0.1) is 0 Å². The van der Waals surface area contributed by atoms with Gasteiger partial charge in [-0.3, -0.25) is 0 Å². The summed E-state index contributed by atoms with van der Waals surface area (Å²) in [6.45, 7) is 2.32. The molecule has 0 atom stereocenters. The molecule has 0 aliphatic rings. The molecule has 0 spiro atoms. The zero-order valence-electron chi connectivity index (χ0n) is 9.87. The first kappa shape index (κ1) is 12.7. The number of benzene rings is 2. The maximum Gasteiger partial charge on any atom is 0.142 e. The highest BCUT2D eigenvalue weighted by atomic mass is 35.5. The van der Waals surface area contributed by atoms with Crippen LogP contribution < -0.4 is 5.32 Å². The Morgan fingerprint density at radius 1 is 1.22 bits per heavy atom. The maximum atomic E-state index is 13.2. The smallest absolute Gasteiger partial charge is 0.142 e. The van der Waals surface area contributed by atoms with Crippen LogP contribution >= 0.6 is 11.6 Å². The number of nitrogens with one attached hydrogen (secondary N) is 1. The summed E-state index contributed by atoms with van der Waals surface area (Å²) in [5.74, 6) is -0.157. The van der Waals surface area contributed by atoms with Crippen LogP contribution in [0.3, 0.4) is 0 Å². The summed E-state index contributed by atoms with van der Waals surface area (Å²) in [6.07, 6.45) is 0. The van der Waals surface area contributed by atoms with Crippen molar-refractivity contribution in [1.82, 2.24) is 0 Å². The lowest BCUT2D eigenvalue weighted by Gasteiger charge is -2.08. The highest BCUT2D eigenvalue weighted by molar-refractivity contribution is 6.30. The molecule has 2 nitrogen and oxygen atoms in total. The summed E-state index contributed by atoms with van der Waals surface area (Å²) < 4.78 is 13.2. The summed E-state index contributed by atoms with van der Waals surface area (Å²) in [5, 5.41) is 12.7. The van der Waals surface area contributed by atoms with E-state index in [1.54, 1.807) is 18.2 Å². The number of phenols is 1. The van der Waals surface area contributed by atoms with Crippen molar-refractivity contribution in [1.29, 1.82) is 0 Å². The molecule has 94 valence electrons. The highest BCUT2D eigenvalue weighted by Crippen LogP contribution is 2.21. The second kappa shape index (κ2) is 5.27. The van der Waals surface area contributed by atoms with E-state index in [0.29, 0.717) is 6.54 Å². The van der Waals surface area contributed by atoms with Crippen LogP contribution in [0.2, 0.25) is 5.02 Å². The van der Waals surface area contributed by atoms with Crippen LogP contribution in [-0.4, -0.2) is 5.11 Å². The summed E-state index contributed by atoms with van der Waals surface area (Å²) in [7, 11) is 0. The SMILES string of the molecule is Cc1cc(NCc2ccc(Cl)c(F)c2)ccc1O. The van der Waals surface area contributed by atoms with Crippen LogP contribution in [0.1, 0.15) is 11.1 Å². The van der Waals surface area contributed by atoms with Crippen LogP contribution in [-0.2, 0) is 6.54 Å². The zero-order chi connectivity index (χ0) is 13.1. The summed E-state index contributed by atoms with van der Waals surface area (Å²) in [6, 6.07) is 9.95. The summed E-state index contributed by atoms with van der Waals surface area (Å²) in [5.41, 5.74) is 2.48. The van der Waals surface area contributed by atoms with Crippen molar-refractivity contribution in [3.05, 3.63) is 58.4 Å². The van der Waals surface area contributed by atoms with E-state index in [1.807, 2.05) is 13.0 Å². The minimum Gasteiger partial charge on any atom is -0.508 e. The fourth-order valence-corrected chi connectivity index (χ4v) is 1.74. The molecule has 0 saturated heterocycles. The average Bonchev–Trinajstić information content (AvgIpc) is 2.35. The van der Waals surface area contributed by atoms with Gasteiger partial charge in [0.25, 0.3) is 0 Å². The number of aryl methyl sites for hydroxylation is 1. The number of rotatable bonds is 3. The number of hydrogen-bond acceptors (Lipinski definition) is 2. The van der Waals surface area contributed by atoms with E-state index in [1.165, 1.54) is 12.1 Å². The van der Waals surface area contributed by atoms with E-state index < -0.39 is 5.82 Å². The largest absolute Gasteiger partial charge is 0.508 e. The fourth-order valence-electron chi connectivity index (χ4n) is 1.62. The molecule has 2 aromatic rings. The Hall–Kier alpha value is -1.74. The monoisotopic (exact) mass is 265 g/mol. The molecular weight excluding hydrogens is 253 g/mol. The van der Waals surface area contributed by atoms with Gasteiger partial charge in [0, 0.05) is 12.2 Å². The molecule has 2 aromatic carbocycles. The van der Waals surface area contributed by atoms with Crippen molar-refractivity contribution < 1.29 is 9.50 Å². The van der Waals surface area contributed by atoms with Crippen LogP contribution in [0.5, 0.6) is 5.75 Å². The predicted molar refractivity (Wildman–Crippen MR) is 71.6 cm³/mol. The zero-order valence-corrected chi connectivity index (χ0v) is 10.6. The van der Waals surface area contributed by atoms with Crippen LogP contribution in [0.4, 0.5) is 10.1 Å². The van der Waals surface area contributed by atoms with E-state index >= 15 is 0 Å². The molecule has 0 aromatic heterocycles. The van der Waals surface area contributed by atoms with Gasteiger partial charge >= 0.3 is 0 Å². The van der Waals surface area contributed by atoms with Crippen LogP contribution in [0, 0.1) is 12.7 Å². The van der Waals surface area contributed by atoms with Crippen molar-refractivity contribution in [2.24, 2.45) is 0 Å². The van der Waals surface area contributed by atoms with Crippen molar-refractivity contribution in [2.75, 3.05) is 5.32 Å². The Morgan fingerprint density at radius 3 is 2.67 bits per heavy atom. The second-order valence-corrected chi connectivity index (χ2v) is 4.51. The molecule has 18 heavy (non-hydrogen) atoms. The van der Waals surface area contributed by atoms with Crippen molar-refractivity contribution >= 4 is 17.3 Å². The van der Waals surface area contributed by atoms with Gasteiger partial charge in [0.15, 0.2) is 0 Å². The number of anilines is 1. The molecule has 0 fully saturated rings. The third kappa shape index (κ3) is 2.93. The Balaban J connectivity index is 2.06. The maximum absolute atomic E-state index is 13.2. The Morgan fingerprint density at radius 2 is 2.00 bits per heavy atom. The molecule has 0 unspecified atom stereocenters. The molecule has 0 amide bonds. The molecular formula is C14H13ClFNO. The van der Waals surface area contributed by atoms with E-state index in [-0.39, 0.29) is 10.8 Å². The van der Waals surface area contributed by atoms with Gasteiger partial charge in [-0.25, -0.2) is 4.39 Å². The minimum atomic E-state index is -0.419. The van der Waals surface area contributed by atoms with E-state index in [0.717, 1.165) is 16.8 Å². The molecule has 0 aliphatic heterocycles. The van der Waals surface area contributed by atoms with Crippen molar-refractivity contribution in [3.63, 3.8) is 0 Å². The summed E-state index contributed by atoms with van der Waals surface area (Å²) in [4.78, 5) is 0. The molecule has 0 heterocycles. The Bertz CT molecular complexity index is 520. The normalized spacial score (nSPS) is 10.4. The molecule has 0 saturated carbocycles. The third-order valence-corrected chi connectivity index (χ3v) is 2.98. The van der Waals surface area contributed by atoms with Gasteiger partial charge in [-0.1, -0.05) is 17.7 Å². The van der Waals surface area contributed by atoms with Crippen LogP contribution in [0.25, 0.3) is 0 Å². The van der Waals surface area contributed by atoms with Crippen LogP contribution in [0.15, 0.2) is 36.4 Å². The van der Waals surface area contributed by atoms with Gasteiger partial charge in [0.1, 0.15) is 11.6 Å². The second-order valence-electron chi connectivity index (χ2n) is 4.10. The van der Waals surface area contributed by atoms with E-state index in [9.17, 15) is 9.50 Å². The highest BCUT2D eigenvalue weighted by Gasteiger charge is 2.02. The first-order chi connectivity index (χ1) is 8.56. The standard InChI is InChI=1S/C14H13ClFNO/c1-9-6-11(3-5-14(9)18)17-8-10-2-4-12(15)13(16)7-10/h2-7,17-18H,8H2,1H3. The lowest BCUT2D eigenvalue weighted by Crippen LogP contribution is -2.00. The van der Waals surface area contributed by atoms with Gasteiger partial charge in [-0.05, 0) is 48.4 Å². The number of halogens is 2. The molecule has 0 aliphatic carbocycles. The molecule has 4 heteroatoms. The fraction of sp³-hybridized carbons (Fsp3) is 0.143. The van der Waals surface area contributed by atoms with Gasteiger partial charge in [0.2, 0.25) is 0 Å². The number of hydrogen-bond donors (Lipinski definition) is 2. The molecule has 2 N–H and O–H groups in total. The van der Waals surface area contributed by atoms with E-state index in [4.69, 9.17) is 11.6 Å². The van der Waals surface area contributed by atoms with Gasteiger partial charge in [0.05, 0.1) is 5.02 Å². The molecule has 0 radical (unpaired) electrons. The Kier molecular flexibility index (Phi) is 3.72. The number of aromatic hydroxyl groups is 1. The summed E-state index contributed by atoms with van der Waals surface area (Å²) >= 11 is 5.61. The van der Waals surface area contributed by atoms with Gasteiger partial charge in [-0.2, -0.15) is 0 Å². The van der Waals surface area contributed by atoms with Crippen molar-refractivity contribution in [2.45, 2.75) is 13.5 Å². The Labute approximate surface area is 110 Å². The minimum absolute atomic E-state index is 0.124. The molecule has 2 rings (SSSR count). The quantitative estimate of drug-likeness (QED) is 0.819. The predicted octanol–water partition coefficient (Wildman–Crippen LogP) is 4.11. The topological polar surface area (TPSA) is 32.3 Å². The lowest BCUT2D eigenvalue weighted by atomic mass is 10.2. The lowest BCUT2D eigenvalue weighted by molar-refractivity contribution is 0.471. The number of phenolic OH excluding ortho intramolecular Hbond substituents is 1.